The van der Waals surface area contributed by atoms with E-state index in [1.54, 1.807) is 25.1 Å². The van der Waals surface area contributed by atoms with Gasteiger partial charge in [-0.05, 0) is 25.5 Å². The lowest BCUT2D eigenvalue weighted by Gasteiger charge is -2.27. The summed E-state index contributed by atoms with van der Waals surface area (Å²) in [6, 6.07) is 4.96. The number of aliphatic hydroxyl groups excluding tert-OH is 1. The first-order valence-corrected chi connectivity index (χ1v) is 7.62. The van der Waals surface area contributed by atoms with Gasteiger partial charge in [0.05, 0.1) is 14.2 Å². The Kier molecular flexibility index (Phi) is 3.87. The normalized spacial score (nSPS) is 23.7. The Labute approximate surface area is 139 Å². The van der Waals surface area contributed by atoms with E-state index in [0.717, 1.165) is 0 Å². The molecule has 0 aromatic heterocycles. The first-order valence-electron chi connectivity index (χ1n) is 7.62. The van der Waals surface area contributed by atoms with Crippen molar-refractivity contribution >= 4 is 11.7 Å². The van der Waals surface area contributed by atoms with Crippen LogP contribution in [0.25, 0.3) is 0 Å². The second kappa shape index (κ2) is 5.74. The lowest BCUT2D eigenvalue weighted by atomic mass is 9.90. The van der Waals surface area contributed by atoms with Crippen LogP contribution in [0.3, 0.4) is 0 Å². The summed E-state index contributed by atoms with van der Waals surface area (Å²) in [5, 5.41) is 10.2. The van der Waals surface area contributed by atoms with Crippen LogP contribution in [0.4, 0.5) is 0 Å². The van der Waals surface area contributed by atoms with Crippen LogP contribution in [0.15, 0.2) is 29.8 Å². The lowest BCUT2D eigenvalue weighted by molar-refractivity contribution is -0.136. The van der Waals surface area contributed by atoms with Gasteiger partial charge < -0.3 is 19.3 Å². The topological polar surface area (TPSA) is 85.3 Å². The summed E-state index contributed by atoms with van der Waals surface area (Å²) in [5.41, 5.74) is -1.02. The van der Waals surface area contributed by atoms with E-state index in [1.165, 1.54) is 19.1 Å². The summed E-state index contributed by atoms with van der Waals surface area (Å²) in [4.78, 5) is 25.9. The predicted octanol–water partition coefficient (Wildman–Crippen LogP) is 1.87. The molecule has 3 rings (SSSR count). The summed E-state index contributed by atoms with van der Waals surface area (Å²) >= 11 is 0. The molecule has 0 aliphatic carbocycles. The second-order valence-corrected chi connectivity index (χ2v) is 5.83. The third-order valence-corrected chi connectivity index (χ3v) is 4.39. The molecule has 24 heavy (non-hydrogen) atoms. The monoisotopic (exact) mass is 333 g/mol. The average molecular weight is 333 g/mol. The number of methoxy groups -OCH3 is 2. The quantitative estimate of drug-likeness (QED) is 0.905. The number of nitrogens with zero attached hydrogens (tertiary/aromatic N) is 1. The van der Waals surface area contributed by atoms with E-state index in [2.05, 4.69) is 0 Å². The number of carbonyl (C=O) groups is 2. The maximum absolute atomic E-state index is 12.7. The van der Waals surface area contributed by atoms with Crippen molar-refractivity contribution in [2.45, 2.75) is 25.4 Å². The number of hydrogen-bond donors (Lipinski definition) is 1. The lowest BCUT2D eigenvalue weighted by Crippen LogP contribution is -2.33. The van der Waals surface area contributed by atoms with Gasteiger partial charge in [-0.15, -0.1) is 0 Å². The number of Topliss-reactive ketones (excluding diaryl/α,β-unsaturated/α-hetero) is 1. The molecule has 1 aromatic carbocycles. The van der Waals surface area contributed by atoms with Gasteiger partial charge >= 0.3 is 0 Å². The number of carbonyl (C=O) groups excluding carboxylic acids is 2. The Morgan fingerprint density at radius 3 is 2.58 bits per heavy atom. The van der Waals surface area contributed by atoms with Crippen LogP contribution in [0.1, 0.15) is 25.3 Å². The third-order valence-electron chi connectivity index (χ3n) is 4.39. The SMILES string of the molecule is COc1ccc(C2(C)OC(N3CCCC3=O)=C(O)C2=O)c(OC)c1. The van der Waals surface area contributed by atoms with Crippen LogP contribution >= 0.6 is 0 Å². The molecule has 128 valence electrons. The molecule has 1 unspecified atom stereocenters. The summed E-state index contributed by atoms with van der Waals surface area (Å²) in [5.74, 6) is -0.437. The summed E-state index contributed by atoms with van der Waals surface area (Å²) in [6.07, 6.45) is 1.03. The largest absolute Gasteiger partial charge is 0.501 e. The van der Waals surface area contributed by atoms with Crippen LogP contribution in [0, 0.1) is 0 Å². The molecule has 1 saturated heterocycles. The van der Waals surface area contributed by atoms with Crippen molar-refractivity contribution < 1.29 is 28.9 Å². The van der Waals surface area contributed by atoms with Crippen molar-refractivity contribution in [2.24, 2.45) is 0 Å². The van der Waals surface area contributed by atoms with Gasteiger partial charge in [0, 0.05) is 24.6 Å². The van der Waals surface area contributed by atoms with E-state index in [0.29, 0.717) is 36.4 Å². The van der Waals surface area contributed by atoms with Gasteiger partial charge in [0.25, 0.3) is 5.78 Å². The molecule has 7 nitrogen and oxygen atoms in total. The second-order valence-electron chi connectivity index (χ2n) is 5.83. The summed E-state index contributed by atoms with van der Waals surface area (Å²) in [7, 11) is 3.00. The van der Waals surface area contributed by atoms with Crippen LogP contribution in [-0.2, 0) is 19.9 Å². The van der Waals surface area contributed by atoms with Gasteiger partial charge in [-0.2, -0.15) is 0 Å². The zero-order chi connectivity index (χ0) is 17.5. The fourth-order valence-corrected chi connectivity index (χ4v) is 3.03. The van der Waals surface area contributed by atoms with Crippen LogP contribution in [0.2, 0.25) is 0 Å². The van der Waals surface area contributed by atoms with Gasteiger partial charge in [0.15, 0.2) is 0 Å². The molecule has 2 aliphatic heterocycles. The Balaban J connectivity index is 2.01. The van der Waals surface area contributed by atoms with E-state index in [9.17, 15) is 14.7 Å². The Morgan fingerprint density at radius 2 is 2.00 bits per heavy atom. The van der Waals surface area contributed by atoms with Crippen molar-refractivity contribution in [3.8, 4) is 11.5 Å². The van der Waals surface area contributed by atoms with Crippen LogP contribution in [0.5, 0.6) is 11.5 Å². The zero-order valence-corrected chi connectivity index (χ0v) is 13.8. The minimum Gasteiger partial charge on any atom is -0.501 e. The van der Waals surface area contributed by atoms with Gasteiger partial charge in [-0.25, -0.2) is 0 Å². The molecule has 1 amide bonds. The molecule has 1 fully saturated rings. The number of rotatable bonds is 4. The summed E-state index contributed by atoms with van der Waals surface area (Å²) < 4.78 is 16.3. The fraction of sp³-hybridized carbons (Fsp3) is 0.412. The van der Waals surface area contributed by atoms with Crippen molar-refractivity contribution in [3.63, 3.8) is 0 Å². The number of ether oxygens (including phenoxy) is 3. The van der Waals surface area contributed by atoms with Gasteiger partial charge in [0.2, 0.25) is 23.2 Å². The third kappa shape index (κ3) is 2.28. The Bertz CT molecular complexity index is 741. The van der Waals surface area contributed by atoms with Gasteiger partial charge in [0.1, 0.15) is 11.5 Å². The molecular weight excluding hydrogens is 314 g/mol. The van der Waals surface area contributed by atoms with Crippen LogP contribution < -0.4 is 9.47 Å². The molecule has 7 heteroatoms. The highest BCUT2D eigenvalue weighted by atomic mass is 16.5. The van der Waals surface area contributed by atoms with Crippen molar-refractivity contribution in [3.05, 3.63) is 35.4 Å². The number of likely N-dealkylation sites (tertiary alicyclic amines) is 1. The molecule has 1 atom stereocenters. The highest BCUT2D eigenvalue weighted by Crippen LogP contribution is 2.44. The smallest absolute Gasteiger partial charge is 0.250 e. The molecule has 0 spiro atoms. The average Bonchev–Trinajstić information content (AvgIpc) is 3.11. The fourth-order valence-electron chi connectivity index (χ4n) is 3.03. The van der Waals surface area contributed by atoms with Crippen molar-refractivity contribution in [2.75, 3.05) is 20.8 Å². The Morgan fingerprint density at radius 1 is 1.25 bits per heavy atom. The van der Waals surface area contributed by atoms with E-state index >= 15 is 0 Å². The van der Waals surface area contributed by atoms with Crippen molar-refractivity contribution in [1.29, 1.82) is 0 Å². The van der Waals surface area contributed by atoms with Crippen LogP contribution in [-0.4, -0.2) is 42.5 Å². The maximum atomic E-state index is 12.7. The minimum absolute atomic E-state index is 0.0807. The standard InChI is InChI=1S/C17H19NO6/c1-17(11-7-6-10(22-2)9-12(11)23-3)15(21)14(20)16(24-17)18-8-4-5-13(18)19/h6-7,9,20H,4-5,8H2,1-3H3. The summed E-state index contributed by atoms with van der Waals surface area (Å²) in [6.45, 7) is 1.96. The number of benzene rings is 1. The highest BCUT2D eigenvalue weighted by Gasteiger charge is 2.51. The highest BCUT2D eigenvalue weighted by molar-refractivity contribution is 6.03. The maximum Gasteiger partial charge on any atom is 0.250 e. The van der Waals surface area contributed by atoms with Gasteiger partial charge in [-0.1, -0.05) is 0 Å². The van der Waals surface area contributed by atoms with E-state index < -0.39 is 17.1 Å². The first-order chi connectivity index (χ1) is 11.4. The molecule has 2 aliphatic rings. The number of amides is 1. The van der Waals surface area contributed by atoms with E-state index in [-0.39, 0.29) is 11.8 Å². The minimum atomic E-state index is -1.47. The number of aliphatic hydroxyl groups is 1. The van der Waals surface area contributed by atoms with Gasteiger partial charge in [-0.3, -0.25) is 14.5 Å². The number of ketones is 1. The molecule has 1 aromatic rings. The molecular formula is C17H19NO6. The van der Waals surface area contributed by atoms with Crippen molar-refractivity contribution in [1.82, 2.24) is 4.90 Å². The number of hydrogen-bond acceptors (Lipinski definition) is 6. The van der Waals surface area contributed by atoms with E-state index in [1.807, 2.05) is 0 Å². The molecule has 0 bridgehead atoms. The molecule has 2 heterocycles. The van der Waals surface area contributed by atoms with E-state index in [4.69, 9.17) is 14.2 Å². The molecule has 0 radical (unpaired) electrons. The predicted molar refractivity (Wildman–Crippen MR) is 83.6 cm³/mol. The molecule has 1 N–H and O–H groups in total. The Hall–Kier alpha value is -2.70. The zero-order valence-electron chi connectivity index (χ0n) is 13.8. The first kappa shape index (κ1) is 16.2. The molecule has 0 saturated carbocycles.